The minimum atomic E-state index is -0.594. The van der Waals surface area contributed by atoms with Crippen LogP contribution in [0.5, 0.6) is 5.88 Å². The predicted octanol–water partition coefficient (Wildman–Crippen LogP) is 4.78. The third-order valence-electron chi connectivity index (χ3n) is 3.59. The molecular weight excluding hydrogens is 392 g/mol. The number of aryl methyl sites for hydroxylation is 1. The molecule has 0 fully saturated rings. The Morgan fingerprint density at radius 2 is 1.96 bits per heavy atom. The Kier molecular flexibility index (Phi) is 4.32. The number of hydrogen-bond acceptors (Lipinski definition) is 5. The zero-order valence-corrected chi connectivity index (χ0v) is 14.4. The topological polar surface area (TPSA) is 121 Å². The number of nitro groups is 1. The lowest BCUT2D eigenvalue weighted by atomic mass is 10.1. The van der Waals surface area contributed by atoms with Gasteiger partial charge in [0.15, 0.2) is 5.69 Å². The highest BCUT2D eigenvalue weighted by Crippen LogP contribution is 2.39. The maximum absolute atomic E-state index is 12.1. The molecule has 8 nitrogen and oxygen atoms in total. The number of non-ortho nitro benzene ring substituents is 1. The number of H-pyrrole nitrogens is 1. The zero-order valence-electron chi connectivity index (χ0n) is 12.9. The lowest BCUT2D eigenvalue weighted by Crippen LogP contribution is -1.92. The van der Waals surface area contributed by atoms with E-state index in [4.69, 9.17) is 0 Å². The van der Waals surface area contributed by atoms with Crippen molar-refractivity contribution in [2.75, 3.05) is 0 Å². The van der Waals surface area contributed by atoms with Crippen LogP contribution in [0.1, 0.15) is 15.9 Å². The second kappa shape index (κ2) is 6.44. The molecule has 0 spiro atoms. The highest BCUT2D eigenvalue weighted by atomic mass is 79.9. The number of benzene rings is 2. The summed E-state index contributed by atoms with van der Waals surface area (Å²) in [5.74, 6) is -0.908. The molecule has 9 heteroatoms. The number of nitrogens with zero attached hydrogens (tertiary/aromatic N) is 3. The van der Waals surface area contributed by atoms with E-state index in [9.17, 15) is 20.0 Å². The first-order valence-electron chi connectivity index (χ1n) is 7.08. The molecule has 1 heterocycles. The smallest absolute Gasteiger partial charge is 0.295 e. The largest absolute Gasteiger partial charge is 0.493 e. The maximum atomic E-state index is 12.1. The Morgan fingerprint density at radius 3 is 2.60 bits per heavy atom. The summed E-state index contributed by atoms with van der Waals surface area (Å²) in [6, 6.07) is 9.20. The van der Waals surface area contributed by atoms with E-state index in [0.717, 1.165) is 4.47 Å². The summed E-state index contributed by atoms with van der Waals surface area (Å²) in [4.78, 5) is 25.2. The Balaban J connectivity index is 2.03. The first-order chi connectivity index (χ1) is 11.9. The summed E-state index contributed by atoms with van der Waals surface area (Å²) >= 11 is 3.27. The van der Waals surface area contributed by atoms with E-state index in [1.54, 1.807) is 31.2 Å². The number of carbonyl (C=O) groups excluding carboxylic acids is 1. The van der Waals surface area contributed by atoms with Crippen LogP contribution in [0.25, 0.3) is 10.9 Å². The number of carbonyl (C=O) groups is 1. The fourth-order valence-electron chi connectivity index (χ4n) is 2.38. The molecule has 0 aliphatic carbocycles. The van der Waals surface area contributed by atoms with E-state index < -0.39 is 10.8 Å². The van der Waals surface area contributed by atoms with Gasteiger partial charge in [0.1, 0.15) is 0 Å². The van der Waals surface area contributed by atoms with Crippen LogP contribution in [0.15, 0.2) is 51.1 Å². The minimum Gasteiger partial charge on any atom is -0.493 e. The van der Waals surface area contributed by atoms with Crippen molar-refractivity contribution < 1.29 is 14.8 Å². The van der Waals surface area contributed by atoms with Gasteiger partial charge in [-0.1, -0.05) is 15.9 Å². The van der Waals surface area contributed by atoms with Gasteiger partial charge in [-0.25, -0.2) is 0 Å². The number of nitrogens with one attached hydrogen (secondary N) is 1. The van der Waals surface area contributed by atoms with Crippen molar-refractivity contribution in [2.45, 2.75) is 6.92 Å². The van der Waals surface area contributed by atoms with Crippen LogP contribution in [0.3, 0.4) is 0 Å². The second-order valence-corrected chi connectivity index (χ2v) is 6.19. The highest BCUT2D eigenvalue weighted by Gasteiger charge is 2.18. The summed E-state index contributed by atoms with van der Waals surface area (Å²) < 4.78 is 0.818. The summed E-state index contributed by atoms with van der Waals surface area (Å²) in [5, 5.41) is 28.7. The monoisotopic (exact) mass is 402 g/mol. The molecule has 1 amide bonds. The molecule has 2 N–H and O–H groups in total. The number of halogens is 1. The number of aromatic hydroxyl groups is 1. The van der Waals surface area contributed by atoms with Crippen LogP contribution in [-0.4, -0.2) is 20.9 Å². The fourth-order valence-corrected chi connectivity index (χ4v) is 2.64. The highest BCUT2D eigenvalue weighted by molar-refractivity contribution is 9.10. The molecule has 0 atom stereocenters. The fraction of sp³-hybridized carbons (Fsp3) is 0.0625. The molecule has 25 heavy (non-hydrogen) atoms. The number of aromatic amines is 1. The standard InChI is InChI=1S/C16H11BrN4O4/c1-8-6-11(21(24)25)7-12-13(8)18-16(23)14(12)19-20-15(22)9-2-4-10(17)5-3-9/h2-7,18,23H,1H3. The molecule has 0 saturated carbocycles. The lowest BCUT2D eigenvalue weighted by Gasteiger charge is -1.97. The number of fused-ring (bicyclic) bond motifs is 1. The molecule has 0 aliphatic heterocycles. The van der Waals surface area contributed by atoms with Crippen molar-refractivity contribution in [3.8, 4) is 5.88 Å². The van der Waals surface area contributed by atoms with Crippen LogP contribution in [0.4, 0.5) is 11.4 Å². The van der Waals surface area contributed by atoms with Gasteiger partial charge in [-0.05, 0) is 36.8 Å². The third kappa shape index (κ3) is 3.26. The predicted molar refractivity (Wildman–Crippen MR) is 94.3 cm³/mol. The first-order valence-corrected chi connectivity index (χ1v) is 7.87. The van der Waals surface area contributed by atoms with Gasteiger partial charge in [0.05, 0.1) is 10.4 Å². The normalized spacial score (nSPS) is 11.3. The van der Waals surface area contributed by atoms with Crippen LogP contribution < -0.4 is 0 Å². The van der Waals surface area contributed by atoms with Gasteiger partial charge in [-0.3, -0.25) is 14.9 Å². The van der Waals surface area contributed by atoms with E-state index in [1.807, 2.05) is 0 Å². The van der Waals surface area contributed by atoms with Crippen molar-refractivity contribution in [3.05, 3.63) is 62.1 Å². The Morgan fingerprint density at radius 1 is 1.28 bits per heavy atom. The van der Waals surface area contributed by atoms with Crippen molar-refractivity contribution in [3.63, 3.8) is 0 Å². The van der Waals surface area contributed by atoms with Gasteiger partial charge in [-0.2, -0.15) is 0 Å². The molecule has 0 saturated heterocycles. The van der Waals surface area contributed by atoms with Gasteiger partial charge < -0.3 is 10.1 Å². The Hall–Kier alpha value is -3.07. The minimum absolute atomic E-state index is 0.0211. The average Bonchev–Trinajstić information content (AvgIpc) is 2.89. The van der Waals surface area contributed by atoms with Gasteiger partial charge in [0, 0.05) is 27.6 Å². The van der Waals surface area contributed by atoms with E-state index >= 15 is 0 Å². The Bertz CT molecular complexity index is 1020. The molecule has 0 bridgehead atoms. The van der Waals surface area contributed by atoms with Crippen molar-refractivity contribution >= 4 is 44.1 Å². The van der Waals surface area contributed by atoms with Crippen LogP contribution >= 0.6 is 15.9 Å². The third-order valence-corrected chi connectivity index (χ3v) is 4.11. The molecule has 0 unspecified atom stereocenters. The number of azo groups is 1. The van der Waals surface area contributed by atoms with Gasteiger partial charge in [0.25, 0.3) is 11.6 Å². The summed E-state index contributed by atoms with van der Waals surface area (Å²) in [6.45, 7) is 1.67. The van der Waals surface area contributed by atoms with Crippen LogP contribution in [0.2, 0.25) is 0 Å². The quantitative estimate of drug-likeness (QED) is 0.371. The average molecular weight is 403 g/mol. The summed E-state index contributed by atoms with van der Waals surface area (Å²) in [7, 11) is 0. The summed E-state index contributed by atoms with van der Waals surface area (Å²) in [5.41, 5.74) is 1.23. The molecule has 2 aromatic carbocycles. The van der Waals surface area contributed by atoms with Crippen LogP contribution in [0, 0.1) is 17.0 Å². The van der Waals surface area contributed by atoms with Crippen LogP contribution in [-0.2, 0) is 0 Å². The lowest BCUT2D eigenvalue weighted by molar-refractivity contribution is -0.384. The number of hydrogen-bond donors (Lipinski definition) is 2. The number of rotatable bonds is 3. The van der Waals surface area contributed by atoms with Crippen molar-refractivity contribution in [2.24, 2.45) is 10.2 Å². The van der Waals surface area contributed by atoms with E-state index in [0.29, 0.717) is 22.0 Å². The molecule has 0 aliphatic rings. The molecule has 1 aromatic heterocycles. The van der Waals surface area contributed by atoms with Crippen molar-refractivity contribution in [1.82, 2.24) is 4.98 Å². The molecular formula is C16H11BrN4O4. The number of aromatic nitrogens is 1. The number of amides is 1. The molecule has 3 aromatic rings. The zero-order chi connectivity index (χ0) is 18.1. The van der Waals surface area contributed by atoms with Crippen molar-refractivity contribution in [1.29, 1.82) is 0 Å². The van der Waals surface area contributed by atoms with Gasteiger partial charge in [-0.15, -0.1) is 10.2 Å². The second-order valence-electron chi connectivity index (χ2n) is 5.28. The number of nitro benzene ring substituents is 1. The maximum Gasteiger partial charge on any atom is 0.295 e. The molecule has 0 radical (unpaired) electrons. The molecule has 3 rings (SSSR count). The Labute approximate surface area is 149 Å². The molecule has 126 valence electrons. The van der Waals surface area contributed by atoms with Gasteiger partial charge in [0.2, 0.25) is 5.88 Å². The SMILES string of the molecule is Cc1cc([N+](=O)[O-])cc2c(N=NC(=O)c3ccc(Br)cc3)c(O)[nH]c12. The van der Waals surface area contributed by atoms with E-state index in [2.05, 4.69) is 31.1 Å². The van der Waals surface area contributed by atoms with E-state index in [1.165, 1.54) is 12.1 Å². The first kappa shape index (κ1) is 16.8. The summed E-state index contributed by atoms with van der Waals surface area (Å²) in [6.07, 6.45) is 0. The van der Waals surface area contributed by atoms with E-state index in [-0.39, 0.29) is 17.3 Å². The van der Waals surface area contributed by atoms with Gasteiger partial charge >= 0.3 is 0 Å².